The SMILES string of the molecule is Cc1cc(F)ccc1Oc1nc(C(F)(F)F)ccc1CN. The monoisotopic (exact) mass is 300 g/mol. The van der Waals surface area contributed by atoms with Crippen molar-refractivity contribution in [1.29, 1.82) is 0 Å². The van der Waals surface area contributed by atoms with Crippen molar-refractivity contribution in [2.24, 2.45) is 5.73 Å². The van der Waals surface area contributed by atoms with Gasteiger partial charge in [0.05, 0.1) is 0 Å². The molecule has 2 rings (SSSR count). The number of pyridine rings is 1. The Labute approximate surface area is 118 Å². The van der Waals surface area contributed by atoms with Crippen LogP contribution in [-0.2, 0) is 12.7 Å². The first kappa shape index (κ1) is 15.2. The fourth-order valence-electron chi connectivity index (χ4n) is 1.70. The highest BCUT2D eigenvalue weighted by Gasteiger charge is 2.33. The van der Waals surface area contributed by atoms with Gasteiger partial charge in [0.1, 0.15) is 17.3 Å². The first-order valence-corrected chi connectivity index (χ1v) is 6.02. The summed E-state index contributed by atoms with van der Waals surface area (Å²) in [5.41, 5.74) is 5.16. The number of ether oxygens (including phenoxy) is 1. The molecule has 0 aliphatic rings. The summed E-state index contributed by atoms with van der Waals surface area (Å²) in [6.07, 6.45) is -4.58. The summed E-state index contributed by atoms with van der Waals surface area (Å²) in [6, 6.07) is 5.74. The average Bonchev–Trinajstić information content (AvgIpc) is 2.41. The van der Waals surface area contributed by atoms with Crippen molar-refractivity contribution >= 4 is 0 Å². The molecule has 0 spiro atoms. The van der Waals surface area contributed by atoms with Crippen LogP contribution >= 0.6 is 0 Å². The largest absolute Gasteiger partial charge is 0.438 e. The molecule has 112 valence electrons. The van der Waals surface area contributed by atoms with E-state index in [-0.39, 0.29) is 18.2 Å². The van der Waals surface area contributed by atoms with Gasteiger partial charge in [-0.1, -0.05) is 6.07 Å². The maximum atomic E-state index is 13.0. The molecule has 7 heteroatoms. The number of alkyl halides is 3. The summed E-state index contributed by atoms with van der Waals surface area (Å²) in [5, 5.41) is 0. The van der Waals surface area contributed by atoms with E-state index in [1.807, 2.05) is 0 Å². The lowest BCUT2D eigenvalue weighted by molar-refractivity contribution is -0.141. The zero-order valence-electron chi connectivity index (χ0n) is 11.0. The molecular weight excluding hydrogens is 288 g/mol. The summed E-state index contributed by atoms with van der Waals surface area (Å²) in [5.74, 6) is -0.476. The third-order valence-electron chi connectivity index (χ3n) is 2.79. The van der Waals surface area contributed by atoms with E-state index in [2.05, 4.69) is 4.98 Å². The predicted octanol–water partition coefficient (Wildman–Crippen LogP) is 3.80. The Morgan fingerprint density at radius 2 is 1.90 bits per heavy atom. The number of nitrogens with zero attached hydrogens (tertiary/aromatic N) is 1. The van der Waals surface area contributed by atoms with Crippen LogP contribution in [0.2, 0.25) is 0 Å². The molecule has 0 radical (unpaired) electrons. The number of halogens is 4. The van der Waals surface area contributed by atoms with Crippen LogP contribution in [0, 0.1) is 12.7 Å². The maximum absolute atomic E-state index is 13.0. The second-order valence-electron chi connectivity index (χ2n) is 4.37. The van der Waals surface area contributed by atoms with Crippen LogP contribution in [0.1, 0.15) is 16.8 Å². The number of aryl methyl sites for hydroxylation is 1. The topological polar surface area (TPSA) is 48.1 Å². The molecule has 0 saturated heterocycles. The van der Waals surface area contributed by atoms with Gasteiger partial charge >= 0.3 is 6.18 Å². The fourth-order valence-corrected chi connectivity index (χ4v) is 1.70. The third-order valence-corrected chi connectivity index (χ3v) is 2.79. The molecule has 0 saturated carbocycles. The van der Waals surface area contributed by atoms with Crippen molar-refractivity contribution in [3.05, 3.63) is 53.0 Å². The van der Waals surface area contributed by atoms with Crippen molar-refractivity contribution in [2.75, 3.05) is 0 Å². The average molecular weight is 300 g/mol. The van der Waals surface area contributed by atoms with Crippen LogP contribution in [0.5, 0.6) is 11.6 Å². The van der Waals surface area contributed by atoms with E-state index in [1.165, 1.54) is 18.2 Å². The van der Waals surface area contributed by atoms with Crippen molar-refractivity contribution in [3.8, 4) is 11.6 Å². The van der Waals surface area contributed by atoms with Crippen LogP contribution in [0.4, 0.5) is 17.6 Å². The molecule has 1 heterocycles. The van der Waals surface area contributed by atoms with E-state index in [0.717, 1.165) is 12.1 Å². The van der Waals surface area contributed by atoms with Gasteiger partial charge < -0.3 is 10.5 Å². The Morgan fingerprint density at radius 3 is 2.48 bits per heavy atom. The maximum Gasteiger partial charge on any atom is 0.433 e. The molecule has 2 aromatic rings. The lowest BCUT2D eigenvalue weighted by Gasteiger charge is -2.13. The Kier molecular flexibility index (Phi) is 4.13. The minimum atomic E-state index is -4.58. The summed E-state index contributed by atoms with van der Waals surface area (Å²) in [7, 11) is 0. The number of rotatable bonds is 3. The van der Waals surface area contributed by atoms with Gasteiger partial charge in [0.15, 0.2) is 0 Å². The van der Waals surface area contributed by atoms with E-state index in [9.17, 15) is 17.6 Å². The van der Waals surface area contributed by atoms with Crippen LogP contribution in [0.15, 0.2) is 30.3 Å². The van der Waals surface area contributed by atoms with Gasteiger partial charge in [-0.15, -0.1) is 0 Å². The number of hydrogen-bond donors (Lipinski definition) is 1. The van der Waals surface area contributed by atoms with Crippen molar-refractivity contribution in [1.82, 2.24) is 4.98 Å². The summed E-state index contributed by atoms with van der Waals surface area (Å²) in [6.45, 7) is 1.55. The molecule has 0 aliphatic carbocycles. The lowest BCUT2D eigenvalue weighted by atomic mass is 10.2. The van der Waals surface area contributed by atoms with Gasteiger partial charge in [-0.25, -0.2) is 9.37 Å². The van der Waals surface area contributed by atoms with E-state index >= 15 is 0 Å². The smallest absolute Gasteiger partial charge is 0.433 e. The Hall–Kier alpha value is -2.15. The van der Waals surface area contributed by atoms with Gasteiger partial charge in [-0.2, -0.15) is 13.2 Å². The normalized spacial score (nSPS) is 11.5. The second kappa shape index (κ2) is 5.69. The fraction of sp³-hybridized carbons (Fsp3) is 0.214. The summed E-state index contributed by atoms with van der Waals surface area (Å²) < 4.78 is 56.4. The van der Waals surface area contributed by atoms with E-state index < -0.39 is 17.7 Å². The molecule has 21 heavy (non-hydrogen) atoms. The summed E-state index contributed by atoms with van der Waals surface area (Å²) >= 11 is 0. The molecule has 0 aliphatic heterocycles. The molecule has 1 aromatic heterocycles. The number of hydrogen-bond acceptors (Lipinski definition) is 3. The number of aromatic nitrogens is 1. The number of benzene rings is 1. The van der Waals surface area contributed by atoms with Gasteiger partial charge in [-0.3, -0.25) is 0 Å². The third kappa shape index (κ3) is 3.49. The predicted molar refractivity (Wildman–Crippen MR) is 68.3 cm³/mol. The van der Waals surface area contributed by atoms with Crippen molar-refractivity contribution in [3.63, 3.8) is 0 Å². The minimum absolute atomic E-state index is 0.0271. The molecule has 1 aromatic carbocycles. The van der Waals surface area contributed by atoms with E-state index in [4.69, 9.17) is 10.5 Å². The van der Waals surface area contributed by atoms with E-state index in [0.29, 0.717) is 11.1 Å². The van der Waals surface area contributed by atoms with Crippen molar-refractivity contribution in [2.45, 2.75) is 19.6 Å². The van der Waals surface area contributed by atoms with Crippen LogP contribution in [-0.4, -0.2) is 4.98 Å². The first-order valence-electron chi connectivity index (χ1n) is 6.02. The molecular formula is C14H12F4N2O. The van der Waals surface area contributed by atoms with Crippen molar-refractivity contribution < 1.29 is 22.3 Å². The standard InChI is InChI=1S/C14H12F4N2O/c1-8-6-10(15)3-4-11(8)21-13-9(7-19)2-5-12(20-13)14(16,17)18/h2-6H,7,19H2,1H3. The zero-order valence-corrected chi connectivity index (χ0v) is 11.0. The lowest BCUT2D eigenvalue weighted by Crippen LogP contribution is -2.11. The van der Waals surface area contributed by atoms with Gasteiger partial charge in [0.25, 0.3) is 0 Å². The van der Waals surface area contributed by atoms with Crippen LogP contribution in [0.25, 0.3) is 0 Å². The minimum Gasteiger partial charge on any atom is -0.438 e. The molecule has 0 bridgehead atoms. The second-order valence-corrected chi connectivity index (χ2v) is 4.37. The Bertz CT molecular complexity index is 656. The highest BCUT2D eigenvalue weighted by Crippen LogP contribution is 2.32. The molecule has 0 fully saturated rings. The molecule has 0 amide bonds. The summed E-state index contributed by atoms with van der Waals surface area (Å²) in [4.78, 5) is 3.45. The van der Waals surface area contributed by atoms with E-state index in [1.54, 1.807) is 6.92 Å². The molecule has 3 nitrogen and oxygen atoms in total. The van der Waals surface area contributed by atoms with Crippen LogP contribution in [0.3, 0.4) is 0 Å². The Morgan fingerprint density at radius 1 is 1.19 bits per heavy atom. The quantitative estimate of drug-likeness (QED) is 0.877. The van der Waals surface area contributed by atoms with Gasteiger partial charge in [0, 0.05) is 12.1 Å². The zero-order chi connectivity index (χ0) is 15.6. The number of nitrogens with two attached hydrogens (primary N) is 1. The van der Waals surface area contributed by atoms with Gasteiger partial charge in [0.2, 0.25) is 5.88 Å². The molecule has 0 unspecified atom stereocenters. The highest BCUT2D eigenvalue weighted by atomic mass is 19.4. The molecule has 2 N–H and O–H groups in total. The van der Waals surface area contributed by atoms with Crippen LogP contribution < -0.4 is 10.5 Å². The Balaban J connectivity index is 2.42. The first-order chi connectivity index (χ1) is 9.81. The van der Waals surface area contributed by atoms with Gasteiger partial charge in [-0.05, 0) is 36.8 Å². The molecule has 0 atom stereocenters. The highest BCUT2D eigenvalue weighted by molar-refractivity contribution is 5.38.